The van der Waals surface area contributed by atoms with E-state index in [1.165, 1.54) is 12.8 Å². The SMILES string of the molecule is CN=C(NCCC(=O)N1CCCCC1C)NC(C)CCC(C)C.I. The van der Waals surface area contributed by atoms with Gasteiger partial charge in [0.15, 0.2) is 5.96 Å². The Morgan fingerprint density at radius 3 is 2.54 bits per heavy atom. The highest BCUT2D eigenvalue weighted by Gasteiger charge is 2.22. The van der Waals surface area contributed by atoms with E-state index in [2.05, 4.69) is 43.3 Å². The number of nitrogens with one attached hydrogen (secondary N) is 2. The zero-order valence-electron chi connectivity index (χ0n) is 16.1. The van der Waals surface area contributed by atoms with Crippen LogP contribution < -0.4 is 10.6 Å². The fraction of sp³-hybridized carbons (Fsp3) is 0.889. The van der Waals surface area contributed by atoms with Gasteiger partial charge in [-0.2, -0.15) is 0 Å². The Morgan fingerprint density at radius 2 is 1.96 bits per heavy atom. The van der Waals surface area contributed by atoms with Crippen molar-refractivity contribution >= 4 is 35.8 Å². The van der Waals surface area contributed by atoms with E-state index in [0.29, 0.717) is 25.0 Å². The minimum atomic E-state index is 0. The molecule has 1 saturated heterocycles. The maximum atomic E-state index is 12.3. The molecule has 0 aliphatic carbocycles. The Labute approximate surface area is 165 Å². The van der Waals surface area contributed by atoms with Gasteiger partial charge in [-0.15, -0.1) is 24.0 Å². The van der Waals surface area contributed by atoms with E-state index in [4.69, 9.17) is 0 Å². The molecule has 2 N–H and O–H groups in total. The number of amides is 1. The molecule has 0 aromatic carbocycles. The number of aliphatic imine (C=N–C) groups is 1. The van der Waals surface area contributed by atoms with Crippen LogP contribution in [-0.2, 0) is 4.79 Å². The fourth-order valence-electron chi connectivity index (χ4n) is 2.98. The predicted molar refractivity (Wildman–Crippen MR) is 113 cm³/mol. The molecule has 1 amide bonds. The van der Waals surface area contributed by atoms with E-state index >= 15 is 0 Å². The first-order valence-corrected chi connectivity index (χ1v) is 9.20. The van der Waals surface area contributed by atoms with Crippen molar-refractivity contribution in [2.45, 2.75) is 78.3 Å². The van der Waals surface area contributed by atoms with Crippen LogP contribution in [-0.4, -0.2) is 49.0 Å². The molecule has 1 heterocycles. The Balaban J connectivity index is 0.00000529. The Bertz CT molecular complexity index is 387. The third kappa shape index (κ3) is 9.08. The molecule has 2 unspecified atom stereocenters. The zero-order valence-corrected chi connectivity index (χ0v) is 18.4. The number of rotatable bonds is 7. The van der Waals surface area contributed by atoms with Crippen LogP contribution in [0.15, 0.2) is 4.99 Å². The summed E-state index contributed by atoms with van der Waals surface area (Å²) < 4.78 is 0. The molecule has 5 nitrogen and oxygen atoms in total. The van der Waals surface area contributed by atoms with Gasteiger partial charge in [-0.05, 0) is 51.9 Å². The molecule has 0 spiro atoms. The van der Waals surface area contributed by atoms with E-state index in [9.17, 15) is 4.79 Å². The first-order chi connectivity index (χ1) is 10.9. The van der Waals surface area contributed by atoms with Gasteiger partial charge < -0.3 is 15.5 Å². The van der Waals surface area contributed by atoms with Crippen LogP contribution in [0.2, 0.25) is 0 Å². The van der Waals surface area contributed by atoms with Crippen molar-refractivity contribution in [2.75, 3.05) is 20.1 Å². The molecule has 6 heteroatoms. The number of nitrogens with zero attached hydrogens (tertiary/aromatic N) is 2. The lowest BCUT2D eigenvalue weighted by molar-refractivity contribution is -0.134. The zero-order chi connectivity index (χ0) is 17.2. The van der Waals surface area contributed by atoms with Gasteiger partial charge in [-0.25, -0.2) is 0 Å². The summed E-state index contributed by atoms with van der Waals surface area (Å²) in [6.07, 6.45) is 6.38. The van der Waals surface area contributed by atoms with Crippen molar-refractivity contribution < 1.29 is 4.79 Å². The highest BCUT2D eigenvalue weighted by atomic mass is 127. The maximum Gasteiger partial charge on any atom is 0.224 e. The van der Waals surface area contributed by atoms with E-state index in [1.54, 1.807) is 7.05 Å². The van der Waals surface area contributed by atoms with Crippen molar-refractivity contribution in [3.63, 3.8) is 0 Å². The summed E-state index contributed by atoms with van der Waals surface area (Å²) in [6, 6.07) is 0.783. The van der Waals surface area contributed by atoms with Crippen LogP contribution >= 0.6 is 24.0 Å². The highest BCUT2D eigenvalue weighted by Crippen LogP contribution is 2.16. The largest absolute Gasteiger partial charge is 0.356 e. The molecule has 0 saturated carbocycles. The molecule has 1 rings (SSSR count). The fourth-order valence-corrected chi connectivity index (χ4v) is 2.98. The van der Waals surface area contributed by atoms with Gasteiger partial charge in [-0.1, -0.05) is 13.8 Å². The number of hydrogen-bond acceptors (Lipinski definition) is 2. The Hall–Kier alpha value is -0.530. The van der Waals surface area contributed by atoms with E-state index in [-0.39, 0.29) is 29.9 Å². The van der Waals surface area contributed by atoms with Crippen molar-refractivity contribution in [3.05, 3.63) is 0 Å². The van der Waals surface area contributed by atoms with Gasteiger partial charge in [-0.3, -0.25) is 9.79 Å². The van der Waals surface area contributed by atoms with Crippen molar-refractivity contribution in [1.29, 1.82) is 0 Å². The van der Waals surface area contributed by atoms with Crippen LogP contribution in [0.25, 0.3) is 0 Å². The Kier molecular flexibility index (Phi) is 12.5. The van der Waals surface area contributed by atoms with E-state index in [0.717, 1.165) is 37.7 Å². The molecule has 1 fully saturated rings. The lowest BCUT2D eigenvalue weighted by atomic mass is 10.0. The number of carbonyl (C=O) groups excluding carboxylic acids is 1. The lowest BCUT2D eigenvalue weighted by Crippen LogP contribution is -2.45. The minimum absolute atomic E-state index is 0. The van der Waals surface area contributed by atoms with Gasteiger partial charge in [0.25, 0.3) is 0 Å². The maximum absolute atomic E-state index is 12.3. The summed E-state index contributed by atoms with van der Waals surface area (Å²) in [6.45, 7) is 10.4. The lowest BCUT2D eigenvalue weighted by Gasteiger charge is -2.33. The minimum Gasteiger partial charge on any atom is -0.356 e. The summed E-state index contributed by atoms with van der Waals surface area (Å²) in [5, 5.41) is 6.66. The second-order valence-electron chi connectivity index (χ2n) is 7.20. The summed E-state index contributed by atoms with van der Waals surface area (Å²) in [5.41, 5.74) is 0. The molecule has 1 aliphatic rings. The molecule has 1 aliphatic heterocycles. The van der Waals surface area contributed by atoms with Crippen molar-refractivity contribution in [2.24, 2.45) is 10.9 Å². The highest BCUT2D eigenvalue weighted by molar-refractivity contribution is 14.0. The van der Waals surface area contributed by atoms with Crippen molar-refractivity contribution in [1.82, 2.24) is 15.5 Å². The molecule has 0 radical (unpaired) electrons. The van der Waals surface area contributed by atoms with Gasteiger partial charge >= 0.3 is 0 Å². The number of guanidine groups is 1. The van der Waals surface area contributed by atoms with Crippen LogP contribution in [0.1, 0.15) is 66.2 Å². The molecular weight excluding hydrogens is 415 g/mol. The number of likely N-dealkylation sites (tertiary alicyclic amines) is 1. The molecule has 0 bridgehead atoms. The number of piperidine rings is 1. The molecule has 142 valence electrons. The second kappa shape index (κ2) is 12.8. The molecule has 0 aromatic rings. The van der Waals surface area contributed by atoms with Crippen molar-refractivity contribution in [3.8, 4) is 0 Å². The smallest absolute Gasteiger partial charge is 0.224 e. The molecule has 24 heavy (non-hydrogen) atoms. The third-order valence-corrected chi connectivity index (χ3v) is 4.54. The average molecular weight is 452 g/mol. The van der Waals surface area contributed by atoms with Crippen LogP contribution in [0, 0.1) is 5.92 Å². The summed E-state index contributed by atoms with van der Waals surface area (Å²) in [7, 11) is 1.78. The first-order valence-electron chi connectivity index (χ1n) is 9.20. The molecular formula is C18H37IN4O. The van der Waals surface area contributed by atoms with E-state index < -0.39 is 0 Å². The third-order valence-electron chi connectivity index (χ3n) is 4.54. The van der Waals surface area contributed by atoms with E-state index in [1.807, 2.05) is 4.90 Å². The predicted octanol–water partition coefficient (Wildman–Crippen LogP) is 3.39. The Morgan fingerprint density at radius 1 is 1.25 bits per heavy atom. The van der Waals surface area contributed by atoms with Gasteiger partial charge in [0.1, 0.15) is 0 Å². The quantitative estimate of drug-likeness (QED) is 0.354. The van der Waals surface area contributed by atoms with Crippen LogP contribution in [0.5, 0.6) is 0 Å². The monoisotopic (exact) mass is 452 g/mol. The topological polar surface area (TPSA) is 56.7 Å². The van der Waals surface area contributed by atoms with Gasteiger partial charge in [0.2, 0.25) is 5.91 Å². The summed E-state index contributed by atoms with van der Waals surface area (Å²) in [4.78, 5) is 18.6. The summed E-state index contributed by atoms with van der Waals surface area (Å²) >= 11 is 0. The number of hydrogen-bond donors (Lipinski definition) is 2. The van der Waals surface area contributed by atoms with Gasteiger partial charge in [0, 0.05) is 38.6 Å². The molecule has 0 aromatic heterocycles. The van der Waals surface area contributed by atoms with Gasteiger partial charge in [0.05, 0.1) is 0 Å². The van der Waals surface area contributed by atoms with Crippen LogP contribution in [0.4, 0.5) is 0 Å². The molecule has 2 atom stereocenters. The summed E-state index contributed by atoms with van der Waals surface area (Å²) in [5.74, 6) is 1.77. The number of carbonyl (C=O) groups is 1. The second-order valence-corrected chi connectivity index (χ2v) is 7.20. The first kappa shape index (κ1) is 23.5. The van der Waals surface area contributed by atoms with Crippen LogP contribution in [0.3, 0.4) is 0 Å². The normalized spacial score (nSPS) is 19.7. The number of halogens is 1. The standard InChI is InChI=1S/C18H36N4O.HI/c1-14(2)9-10-15(3)21-18(19-5)20-12-11-17(23)22-13-7-6-8-16(22)4;/h14-16H,6-13H2,1-5H3,(H2,19,20,21);1H. The average Bonchev–Trinajstić information content (AvgIpc) is 2.52.